The smallest absolute Gasteiger partial charge is 0.253 e. The molecule has 1 aliphatic heterocycles. The molecule has 1 fully saturated rings. The fourth-order valence-electron chi connectivity index (χ4n) is 3.33. The largest absolute Gasteiger partial charge is 0.508 e. The van der Waals surface area contributed by atoms with Gasteiger partial charge in [0.1, 0.15) is 11.6 Å². The highest BCUT2D eigenvalue weighted by atomic mass is 19.1. The molecule has 0 saturated carbocycles. The van der Waals surface area contributed by atoms with Crippen LogP contribution in [0.2, 0.25) is 0 Å². The van der Waals surface area contributed by atoms with Gasteiger partial charge in [-0.1, -0.05) is 18.2 Å². The average molecular weight is 327 g/mol. The first-order valence-electron chi connectivity index (χ1n) is 8.44. The molecule has 3 nitrogen and oxygen atoms in total. The summed E-state index contributed by atoms with van der Waals surface area (Å²) >= 11 is 0. The van der Waals surface area contributed by atoms with Gasteiger partial charge in [-0.25, -0.2) is 4.39 Å². The lowest BCUT2D eigenvalue weighted by molar-refractivity contribution is 0.0668. The minimum atomic E-state index is -0.209. The quantitative estimate of drug-likeness (QED) is 0.921. The van der Waals surface area contributed by atoms with Gasteiger partial charge in [-0.15, -0.1) is 0 Å². The summed E-state index contributed by atoms with van der Waals surface area (Å²) < 4.78 is 12.9. The average Bonchev–Trinajstić information content (AvgIpc) is 2.61. The van der Waals surface area contributed by atoms with Gasteiger partial charge in [-0.3, -0.25) is 4.79 Å². The molecule has 1 amide bonds. The number of phenolic OH excluding ortho intramolecular Hbond substituents is 1. The minimum absolute atomic E-state index is 0.0163. The summed E-state index contributed by atoms with van der Waals surface area (Å²) in [4.78, 5) is 14.5. The van der Waals surface area contributed by atoms with E-state index in [2.05, 4.69) is 0 Å². The zero-order valence-electron chi connectivity index (χ0n) is 13.6. The molecular weight excluding hydrogens is 305 g/mol. The number of phenols is 1. The van der Waals surface area contributed by atoms with Crippen LogP contribution in [-0.4, -0.2) is 29.0 Å². The lowest BCUT2D eigenvalue weighted by Gasteiger charge is -2.33. The summed E-state index contributed by atoms with van der Waals surface area (Å²) in [5.41, 5.74) is 1.67. The van der Waals surface area contributed by atoms with Gasteiger partial charge in [0, 0.05) is 18.7 Å². The van der Waals surface area contributed by atoms with Crippen LogP contribution in [0.5, 0.6) is 5.75 Å². The predicted molar refractivity (Wildman–Crippen MR) is 91.5 cm³/mol. The van der Waals surface area contributed by atoms with Gasteiger partial charge >= 0.3 is 0 Å². The Morgan fingerprint density at radius 3 is 2.75 bits per heavy atom. The van der Waals surface area contributed by atoms with E-state index in [9.17, 15) is 14.3 Å². The Morgan fingerprint density at radius 1 is 1.21 bits per heavy atom. The topological polar surface area (TPSA) is 40.5 Å². The number of hydrogen-bond donors (Lipinski definition) is 1. The van der Waals surface area contributed by atoms with Crippen LogP contribution in [0.25, 0.3) is 0 Å². The van der Waals surface area contributed by atoms with Gasteiger partial charge in [0.15, 0.2) is 0 Å². The number of carbonyl (C=O) groups excluding carboxylic acids is 1. The van der Waals surface area contributed by atoms with Gasteiger partial charge in [0.2, 0.25) is 0 Å². The number of aromatic hydroxyl groups is 1. The Balaban J connectivity index is 1.57. The van der Waals surface area contributed by atoms with E-state index < -0.39 is 0 Å². The van der Waals surface area contributed by atoms with Crippen LogP contribution in [0.15, 0.2) is 48.5 Å². The molecule has 126 valence electrons. The maximum Gasteiger partial charge on any atom is 0.253 e. The highest BCUT2D eigenvalue weighted by Crippen LogP contribution is 2.24. The number of nitrogens with zero attached hydrogens (tertiary/aromatic N) is 1. The Kier molecular flexibility index (Phi) is 5.14. The van der Waals surface area contributed by atoms with Crippen molar-refractivity contribution < 1.29 is 14.3 Å². The van der Waals surface area contributed by atoms with Crippen molar-refractivity contribution in [2.75, 3.05) is 13.1 Å². The molecule has 0 aliphatic carbocycles. The van der Waals surface area contributed by atoms with Crippen molar-refractivity contribution >= 4 is 5.91 Å². The zero-order chi connectivity index (χ0) is 16.9. The molecule has 1 heterocycles. The van der Waals surface area contributed by atoms with E-state index in [-0.39, 0.29) is 17.5 Å². The van der Waals surface area contributed by atoms with Crippen molar-refractivity contribution in [2.24, 2.45) is 5.92 Å². The van der Waals surface area contributed by atoms with E-state index in [4.69, 9.17) is 0 Å². The van der Waals surface area contributed by atoms with Crippen LogP contribution in [0.3, 0.4) is 0 Å². The molecule has 0 spiro atoms. The van der Waals surface area contributed by atoms with E-state index in [0.717, 1.165) is 44.3 Å². The fourth-order valence-corrected chi connectivity index (χ4v) is 3.33. The van der Waals surface area contributed by atoms with Crippen molar-refractivity contribution in [3.05, 3.63) is 65.5 Å². The summed E-state index contributed by atoms with van der Waals surface area (Å²) in [6, 6.07) is 13.2. The lowest BCUT2D eigenvalue weighted by atomic mass is 9.91. The van der Waals surface area contributed by atoms with Crippen LogP contribution in [0.1, 0.15) is 35.2 Å². The second-order valence-corrected chi connectivity index (χ2v) is 6.47. The molecule has 0 unspecified atom stereocenters. The molecule has 2 aromatic rings. The number of likely N-dealkylation sites (tertiary alicyclic amines) is 1. The van der Waals surface area contributed by atoms with Crippen LogP contribution < -0.4 is 0 Å². The van der Waals surface area contributed by atoms with Gasteiger partial charge < -0.3 is 10.0 Å². The number of hydrogen-bond acceptors (Lipinski definition) is 2. The highest BCUT2D eigenvalue weighted by Gasteiger charge is 2.24. The molecule has 1 N–H and O–H groups in total. The van der Waals surface area contributed by atoms with Crippen LogP contribution in [0.4, 0.5) is 4.39 Å². The molecule has 1 aliphatic rings. The molecule has 3 rings (SSSR count). The molecule has 2 aromatic carbocycles. The van der Waals surface area contributed by atoms with Crippen molar-refractivity contribution in [2.45, 2.75) is 25.7 Å². The first kappa shape index (κ1) is 16.5. The first-order chi connectivity index (χ1) is 11.6. The SMILES string of the molecule is O=C(c1cccc(O)c1)N1CCC[C@H](CCc2ccc(F)cc2)C1. The third kappa shape index (κ3) is 4.13. The number of piperidine rings is 1. The third-order valence-electron chi connectivity index (χ3n) is 4.65. The molecule has 4 heteroatoms. The van der Waals surface area contributed by atoms with Crippen LogP contribution >= 0.6 is 0 Å². The summed E-state index contributed by atoms with van der Waals surface area (Å²) in [6.07, 6.45) is 4.01. The lowest BCUT2D eigenvalue weighted by Crippen LogP contribution is -2.40. The van der Waals surface area contributed by atoms with E-state index in [1.807, 2.05) is 17.0 Å². The number of halogens is 1. The number of benzene rings is 2. The first-order valence-corrected chi connectivity index (χ1v) is 8.44. The van der Waals surface area contributed by atoms with Gasteiger partial charge in [-0.05, 0) is 67.5 Å². The zero-order valence-corrected chi connectivity index (χ0v) is 13.6. The third-order valence-corrected chi connectivity index (χ3v) is 4.65. The summed E-state index contributed by atoms with van der Waals surface area (Å²) in [6.45, 7) is 1.51. The molecule has 24 heavy (non-hydrogen) atoms. The van der Waals surface area contributed by atoms with E-state index in [0.29, 0.717) is 11.5 Å². The Labute approximate surface area is 141 Å². The second-order valence-electron chi connectivity index (χ2n) is 6.47. The maximum atomic E-state index is 12.9. The molecule has 1 saturated heterocycles. The summed E-state index contributed by atoms with van der Waals surface area (Å²) in [5.74, 6) is 0.354. The van der Waals surface area contributed by atoms with Crippen LogP contribution in [0, 0.1) is 11.7 Å². The van der Waals surface area contributed by atoms with Crippen LogP contribution in [-0.2, 0) is 6.42 Å². The Hall–Kier alpha value is -2.36. The normalized spacial score (nSPS) is 17.7. The molecule has 0 bridgehead atoms. The molecule has 1 atom stereocenters. The summed E-state index contributed by atoms with van der Waals surface area (Å²) in [7, 11) is 0. The summed E-state index contributed by atoms with van der Waals surface area (Å²) in [5, 5.41) is 9.54. The van der Waals surface area contributed by atoms with Gasteiger partial charge in [0.05, 0.1) is 0 Å². The van der Waals surface area contributed by atoms with Gasteiger partial charge in [-0.2, -0.15) is 0 Å². The second kappa shape index (κ2) is 7.47. The van der Waals surface area contributed by atoms with E-state index in [1.165, 1.54) is 18.2 Å². The van der Waals surface area contributed by atoms with Crippen molar-refractivity contribution in [3.63, 3.8) is 0 Å². The predicted octanol–water partition coefficient (Wildman–Crippen LogP) is 4.02. The molecular formula is C20H22FNO2. The monoisotopic (exact) mass is 327 g/mol. The van der Waals surface area contributed by atoms with Crippen molar-refractivity contribution in [1.82, 2.24) is 4.90 Å². The Morgan fingerprint density at radius 2 is 2.00 bits per heavy atom. The Bertz CT molecular complexity index is 699. The van der Waals surface area contributed by atoms with Crippen molar-refractivity contribution in [3.8, 4) is 5.75 Å². The molecule has 0 aromatic heterocycles. The van der Waals surface area contributed by atoms with E-state index >= 15 is 0 Å². The highest BCUT2D eigenvalue weighted by molar-refractivity contribution is 5.94. The minimum Gasteiger partial charge on any atom is -0.508 e. The molecule has 0 radical (unpaired) electrons. The standard InChI is InChI=1S/C20H22FNO2/c21-18-10-8-15(9-11-18)6-7-16-3-2-12-22(14-16)20(24)17-4-1-5-19(23)13-17/h1,4-5,8-11,13,16,23H,2-3,6-7,12,14H2/t16-/m1/s1. The fraction of sp³-hybridized carbons (Fsp3) is 0.350. The number of aryl methyl sites for hydroxylation is 1. The van der Waals surface area contributed by atoms with E-state index in [1.54, 1.807) is 18.2 Å². The van der Waals surface area contributed by atoms with Gasteiger partial charge in [0.25, 0.3) is 5.91 Å². The number of rotatable bonds is 4. The number of amides is 1. The number of carbonyl (C=O) groups is 1. The van der Waals surface area contributed by atoms with Crippen molar-refractivity contribution in [1.29, 1.82) is 0 Å². The maximum absolute atomic E-state index is 12.9.